The molecular weight excluding hydrogens is 336 g/mol. The highest BCUT2D eigenvalue weighted by atomic mass is 16.3. The number of aliphatic imine (C=N–C) groups is 1. The first-order chi connectivity index (χ1) is 13.1. The average Bonchev–Trinajstić information content (AvgIpc) is 2.70. The van der Waals surface area contributed by atoms with Gasteiger partial charge in [0.25, 0.3) is 0 Å². The lowest BCUT2D eigenvalue weighted by Crippen LogP contribution is -2.38. The molecule has 0 radical (unpaired) electrons. The summed E-state index contributed by atoms with van der Waals surface area (Å²) in [4.78, 5) is 8.46. The van der Waals surface area contributed by atoms with E-state index >= 15 is 0 Å². The van der Waals surface area contributed by atoms with Gasteiger partial charge < -0.3 is 15.7 Å². The Kier molecular flexibility index (Phi) is 8.78. The van der Waals surface area contributed by atoms with Crippen molar-refractivity contribution in [3.05, 3.63) is 65.5 Å². The van der Waals surface area contributed by atoms with E-state index in [9.17, 15) is 5.11 Å². The molecule has 0 saturated heterocycles. The van der Waals surface area contributed by atoms with Crippen molar-refractivity contribution in [2.24, 2.45) is 4.99 Å². The zero-order valence-corrected chi connectivity index (χ0v) is 16.7. The van der Waals surface area contributed by atoms with Gasteiger partial charge in [-0.15, -0.1) is 0 Å². The van der Waals surface area contributed by atoms with Crippen LogP contribution >= 0.6 is 0 Å². The normalized spacial score (nSPS) is 12.9. The number of hydrogen-bond donors (Lipinski definition) is 3. The van der Waals surface area contributed by atoms with Crippen LogP contribution in [0.3, 0.4) is 0 Å². The number of benzene rings is 1. The summed E-state index contributed by atoms with van der Waals surface area (Å²) in [6, 6.07) is 12.5. The third kappa shape index (κ3) is 7.39. The van der Waals surface area contributed by atoms with Crippen molar-refractivity contribution in [2.75, 3.05) is 19.6 Å². The Labute approximate surface area is 163 Å². The molecule has 1 heterocycles. The summed E-state index contributed by atoms with van der Waals surface area (Å²) in [5, 5.41) is 16.8. The van der Waals surface area contributed by atoms with E-state index in [4.69, 9.17) is 0 Å². The van der Waals surface area contributed by atoms with Crippen LogP contribution in [0.2, 0.25) is 0 Å². The predicted octanol–water partition coefficient (Wildman–Crippen LogP) is 3.43. The minimum Gasteiger partial charge on any atom is -0.386 e. The standard InChI is InChI=1S/C22H32N4O/c1-4-24-22(26-16-21(27)20-11-14-23-15-12-20)25-13-5-6-18-7-9-19(10-8-18)17(2)3/h7-12,14-15,17,21,27H,4-6,13,16H2,1-3H3,(H2,24,25,26). The fourth-order valence-corrected chi connectivity index (χ4v) is 2.78. The largest absolute Gasteiger partial charge is 0.386 e. The van der Waals surface area contributed by atoms with Gasteiger partial charge >= 0.3 is 0 Å². The second kappa shape index (κ2) is 11.3. The van der Waals surface area contributed by atoms with Crippen LogP contribution in [0.5, 0.6) is 0 Å². The third-order valence-corrected chi connectivity index (χ3v) is 4.44. The highest BCUT2D eigenvalue weighted by Gasteiger charge is 2.07. The quantitative estimate of drug-likeness (QED) is 0.360. The van der Waals surface area contributed by atoms with Gasteiger partial charge in [0, 0.05) is 25.5 Å². The van der Waals surface area contributed by atoms with Crippen LogP contribution in [0.15, 0.2) is 53.8 Å². The molecule has 0 aliphatic heterocycles. The minimum absolute atomic E-state index is 0.315. The van der Waals surface area contributed by atoms with Gasteiger partial charge in [0.2, 0.25) is 0 Å². The van der Waals surface area contributed by atoms with E-state index < -0.39 is 6.10 Å². The van der Waals surface area contributed by atoms with Gasteiger partial charge in [-0.3, -0.25) is 9.98 Å². The first-order valence-corrected chi connectivity index (χ1v) is 9.79. The Hall–Kier alpha value is -2.40. The Morgan fingerprint density at radius 2 is 1.74 bits per heavy atom. The van der Waals surface area contributed by atoms with Gasteiger partial charge in [0.1, 0.15) is 0 Å². The molecule has 1 aromatic carbocycles. The molecule has 5 nitrogen and oxygen atoms in total. The summed E-state index contributed by atoms with van der Waals surface area (Å²) in [6.07, 6.45) is 4.80. The van der Waals surface area contributed by atoms with Crippen molar-refractivity contribution in [2.45, 2.75) is 45.6 Å². The van der Waals surface area contributed by atoms with E-state index in [0.29, 0.717) is 12.5 Å². The lowest BCUT2D eigenvalue weighted by atomic mass is 10.0. The molecule has 1 unspecified atom stereocenters. The lowest BCUT2D eigenvalue weighted by Gasteiger charge is -2.13. The highest BCUT2D eigenvalue weighted by molar-refractivity contribution is 5.79. The van der Waals surface area contributed by atoms with Gasteiger partial charge in [-0.25, -0.2) is 0 Å². The maximum Gasteiger partial charge on any atom is 0.191 e. The third-order valence-electron chi connectivity index (χ3n) is 4.44. The Morgan fingerprint density at radius 1 is 1.04 bits per heavy atom. The van der Waals surface area contributed by atoms with Crippen molar-refractivity contribution in [1.29, 1.82) is 0 Å². The van der Waals surface area contributed by atoms with E-state index in [0.717, 1.165) is 37.5 Å². The molecular formula is C22H32N4O. The topological polar surface area (TPSA) is 69.5 Å². The first kappa shape index (κ1) is 20.9. The summed E-state index contributed by atoms with van der Waals surface area (Å²) in [7, 11) is 0. The summed E-state index contributed by atoms with van der Waals surface area (Å²) < 4.78 is 0. The number of pyridine rings is 1. The van der Waals surface area contributed by atoms with Crippen LogP contribution in [-0.2, 0) is 6.42 Å². The van der Waals surface area contributed by atoms with Crippen LogP contribution in [-0.4, -0.2) is 35.7 Å². The summed E-state index contributed by atoms with van der Waals surface area (Å²) in [5.41, 5.74) is 3.57. The molecule has 2 aromatic rings. The van der Waals surface area contributed by atoms with E-state index in [1.807, 2.05) is 19.1 Å². The Balaban J connectivity index is 1.78. The summed E-state index contributed by atoms with van der Waals surface area (Å²) in [5.74, 6) is 1.31. The van der Waals surface area contributed by atoms with Gasteiger partial charge in [0.15, 0.2) is 5.96 Å². The van der Waals surface area contributed by atoms with E-state index in [1.54, 1.807) is 12.4 Å². The van der Waals surface area contributed by atoms with E-state index in [1.165, 1.54) is 11.1 Å². The fraction of sp³-hybridized carbons (Fsp3) is 0.455. The van der Waals surface area contributed by atoms with Crippen LogP contribution in [0.4, 0.5) is 0 Å². The number of aromatic nitrogens is 1. The van der Waals surface area contributed by atoms with Crippen molar-refractivity contribution >= 4 is 5.96 Å². The molecule has 2 rings (SSSR count). The molecule has 0 aliphatic rings. The molecule has 0 fully saturated rings. The minimum atomic E-state index is -0.622. The number of aliphatic hydroxyl groups is 1. The molecule has 0 amide bonds. The number of guanidine groups is 1. The van der Waals surface area contributed by atoms with E-state index in [-0.39, 0.29) is 0 Å². The fourth-order valence-electron chi connectivity index (χ4n) is 2.78. The second-order valence-corrected chi connectivity index (χ2v) is 6.94. The van der Waals surface area contributed by atoms with Crippen LogP contribution < -0.4 is 10.6 Å². The zero-order valence-electron chi connectivity index (χ0n) is 16.7. The second-order valence-electron chi connectivity index (χ2n) is 6.94. The number of hydrogen-bond acceptors (Lipinski definition) is 3. The molecule has 3 N–H and O–H groups in total. The molecule has 1 aromatic heterocycles. The van der Waals surface area contributed by atoms with Gasteiger partial charge in [-0.05, 0) is 54.5 Å². The summed E-state index contributed by atoms with van der Waals surface area (Å²) in [6.45, 7) is 8.40. The van der Waals surface area contributed by atoms with Crippen molar-refractivity contribution in [1.82, 2.24) is 15.6 Å². The maximum absolute atomic E-state index is 10.2. The Morgan fingerprint density at radius 3 is 2.37 bits per heavy atom. The summed E-state index contributed by atoms with van der Waals surface area (Å²) >= 11 is 0. The van der Waals surface area contributed by atoms with Crippen LogP contribution in [0.1, 0.15) is 55.9 Å². The molecule has 0 bridgehead atoms. The smallest absolute Gasteiger partial charge is 0.191 e. The molecule has 1 atom stereocenters. The predicted molar refractivity (Wildman–Crippen MR) is 112 cm³/mol. The SMILES string of the molecule is CCNC(=NCC(O)c1ccncc1)NCCCc1ccc(C(C)C)cc1. The van der Waals surface area contributed by atoms with Gasteiger partial charge in [0.05, 0.1) is 12.6 Å². The molecule has 5 heteroatoms. The number of nitrogens with one attached hydrogen (secondary N) is 2. The Bertz CT molecular complexity index is 683. The first-order valence-electron chi connectivity index (χ1n) is 9.79. The molecule has 146 valence electrons. The van der Waals surface area contributed by atoms with Gasteiger partial charge in [-0.1, -0.05) is 38.1 Å². The zero-order chi connectivity index (χ0) is 19.5. The van der Waals surface area contributed by atoms with Crippen molar-refractivity contribution in [3.63, 3.8) is 0 Å². The number of nitrogens with zero attached hydrogens (tertiary/aromatic N) is 2. The molecule has 0 saturated carbocycles. The van der Waals surface area contributed by atoms with Gasteiger partial charge in [-0.2, -0.15) is 0 Å². The lowest BCUT2D eigenvalue weighted by molar-refractivity contribution is 0.187. The molecule has 0 aliphatic carbocycles. The van der Waals surface area contributed by atoms with Crippen LogP contribution in [0, 0.1) is 0 Å². The monoisotopic (exact) mass is 368 g/mol. The molecule has 0 spiro atoms. The molecule has 27 heavy (non-hydrogen) atoms. The van der Waals surface area contributed by atoms with E-state index in [2.05, 4.69) is 58.7 Å². The number of aryl methyl sites for hydroxylation is 1. The number of rotatable bonds is 9. The van der Waals surface area contributed by atoms with Crippen molar-refractivity contribution in [3.8, 4) is 0 Å². The van der Waals surface area contributed by atoms with Crippen LogP contribution in [0.25, 0.3) is 0 Å². The average molecular weight is 369 g/mol. The number of aliphatic hydroxyl groups excluding tert-OH is 1. The highest BCUT2D eigenvalue weighted by Crippen LogP contribution is 2.15. The van der Waals surface area contributed by atoms with Crippen molar-refractivity contribution < 1.29 is 5.11 Å². The maximum atomic E-state index is 10.2.